The number of rotatable bonds is 14. The van der Waals surface area contributed by atoms with E-state index in [2.05, 4.69) is 28.2 Å². The predicted molar refractivity (Wildman–Crippen MR) is 88.1 cm³/mol. The third kappa shape index (κ3) is 18.0. The lowest BCUT2D eigenvalue weighted by atomic mass is 10.1. The van der Waals surface area contributed by atoms with Crippen LogP contribution in [0.2, 0.25) is 0 Å². The molecule has 0 radical (unpaired) electrons. The molecule has 0 saturated heterocycles. The zero-order valence-corrected chi connectivity index (χ0v) is 16.9. The van der Waals surface area contributed by atoms with E-state index in [1.165, 1.54) is 44.9 Å². The number of halogens is 2. The summed E-state index contributed by atoms with van der Waals surface area (Å²) in [7, 11) is 8.48. The zero-order chi connectivity index (χ0) is 16.2. The molecule has 0 heterocycles. The van der Waals surface area contributed by atoms with E-state index in [0.29, 0.717) is 13.1 Å². The molecule has 0 aromatic heterocycles. The third-order valence-corrected chi connectivity index (χ3v) is 4.16. The van der Waals surface area contributed by atoms with Crippen molar-refractivity contribution in [2.45, 2.75) is 44.9 Å². The first-order chi connectivity index (χ1) is 9.83. The maximum atomic E-state index is 10.5. The second kappa shape index (κ2) is 15.4. The Kier molecular flexibility index (Phi) is 18.5. The molecule has 0 aliphatic rings. The molecule has 0 saturated carbocycles. The Labute approximate surface area is 155 Å². The van der Waals surface area contributed by atoms with Crippen LogP contribution in [0, 0.1) is 0 Å². The molecule has 0 fully saturated rings. The van der Waals surface area contributed by atoms with Crippen LogP contribution in [-0.4, -0.2) is 75.9 Å². The second-order valence-corrected chi connectivity index (χ2v) is 7.49. The Morgan fingerprint density at radius 1 is 0.565 bits per heavy atom. The first-order valence-corrected chi connectivity index (χ1v) is 8.34. The molecule has 0 bridgehead atoms. The van der Waals surface area contributed by atoms with Crippen molar-refractivity contribution in [3.8, 4) is 0 Å². The number of carbonyl (C=O) groups excluding carboxylic acids is 2. The summed E-state index contributed by atoms with van der Waals surface area (Å²) < 4.78 is 1.63. The monoisotopic (exact) mass is 370 g/mol. The van der Waals surface area contributed by atoms with Crippen molar-refractivity contribution in [3.63, 3.8) is 0 Å². The largest absolute Gasteiger partial charge is 1.00 e. The topological polar surface area (TPSA) is 34.1 Å². The quantitative estimate of drug-likeness (QED) is 0.179. The lowest BCUT2D eigenvalue weighted by Crippen LogP contribution is -3.00. The van der Waals surface area contributed by atoms with Crippen molar-refractivity contribution < 1.29 is 43.4 Å². The average Bonchev–Trinajstić information content (AvgIpc) is 2.36. The Morgan fingerprint density at radius 2 is 0.826 bits per heavy atom. The molecule has 6 heteroatoms. The van der Waals surface area contributed by atoms with E-state index in [1.807, 2.05) is 0 Å². The molecule has 0 N–H and O–H groups in total. The number of aldehydes is 2. The highest BCUT2D eigenvalue weighted by molar-refractivity contribution is 5.50. The van der Waals surface area contributed by atoms with E-state index in [-0.39, 0.29) is 24.8 Å². The highest BCUT2D eigenvalue weighted by Gasteiger charge is 2.13. The molecule has 0 aromatic rings. The van der Waals surface area contributed by atoms with Gasteiger partial charge in [0.25, 0.3) is 0 Å². The van der Waals surface area contributed by atoms with Crippen LogP contribution >= 0.6 is 0 Å². The van der Waals surface area contributed by atoms with Crippen molar-refractivity contribution in [2.75, 3.05) is 54.4 Å². The Bertz CT molecular complexity index is 270. The first kappa shape index (κ1) is 27.7. The first-order valence-electron chi connectivity index (χ1n) is 8.34. The van der Waals surface area contributed by atoms with Crippen molar-refractivity contribution in [1.82, 2.24) is 0 Å². The van der Waals surface area contributed by atoms with Crippen molar-refractivity contribution in [2.24, 2.45) is 0 Å². The second-order valence-electron chi connectivity index (χ2n) is 7.49. The summed E-state index contributed by atoms with van der Waals surface area (Å²) in [6.45, 7) is 3.43. The molecule has 0 atom stereocenters. The van der Waals surface area contributed by atoms with Gasteiger partial charge in [-0.25, -0.2) is 0 Å². The Balaban J connectivity index is -0.00000200. The minimum Gasteiger partial charge on any atom is -1.00 e. The fourth-order valence-electron chi connectivity index (χ4n) is 2.55. The van der Waals surface area contributed by atoms with Crippen LogP contribution in [0.4, 0.5) is 0 Å². The summed E-state index contributed by atoms with van der Waals surface area (Å²) in [5.41, 5.74) is 0. The van der Waals surface area contributed by atoms with E-state index < -0.39 is 0 Å². The van der Waals surface area contributed by atoms with E-state index in [1.54, 1.807) is 0 Å². The summed E-state index contributed by atoms with van der Waals surface area (Å²) >= 11 is 0. The van der Waals surface area contributed by atoms with Gasteiger partial charge < -0.3 is 33.8 Å². The van der Waals surface area contributed by atoms with E-state index in [0.717, 1.165) is 34.6 Å². The number of hydrogen-bond donors (Lipinski definition) is 0. The van der Waals surface area contributed by atoms with Gasteiger partial charge in [0.2, 0.25) is 0 Å². The van der Waals surface area contributed by atoms with E-state index in [9.17, 15) is 9.59 Å². The normalized spacial score (nSPS) is 11.3. The number of nitrogens with zero attached hydrogens (tertiary/aromatic N) is 2. The molecule has 0 amide bonds. The van der Waals surface area contributed by atoms with Gasteiger partial charge in [0.1, 0.15) is 13.1 Å². The SMILES string of the molecule is C[N+](C)(CC=O)CCCCCCCCC[N+](C)(C)CC=O.[Cl-].[Cl-]. The smallest absolute Gasteiger partial charge is 0.174 e. The lowest BCUT2D eigenvalue weighted by Gasteiger charge is -2.27. The minimum absolute atomic E-state index is 0. The van der Waals surface area contributed by atoms with Crippen molar-refractivity contribution >= 4 is 12.6 Å². The molecule has 0 spiro atoms. The van der Waals surface area contributed by atoms with Crippen LogP contribution in [-0.2, 0) is 9.59 Å². The summed E-state index contributed by atoms with van der Waals surface area (Å²) in [4.78, 5) is 21.1. The molecular formula is C17H36Cl2N2O2. The lowest BCUT2D eigenvalue weighted by molar-refractivity contribution is -0.881. The molecule has 0 unspecified atom stereocenters. The van der Waals surface area contributed by atoms with Crippen LogP contribution < -0.4 is 24.8 Å². The van der Waals surface area contributed by atoms with Gasteiger partial charge in [-0.1, -0.05) is 19.3 Å². The van der Waals surface area contributed by atoms with E-state index in [4.69, 9.17) is 0 Å². The van der Waals surface area contributed by atoms with Crippen LogP contribution in [0.15, 0.2) is 0 Å². The maximum absolute atomic E-state index is 10.5. The zero-order valence-electron chi connectivity index (χ0n) is 15.4. The maximum Gasteiger partial charge on any atom is 0.174 e. The summed E-state index contributed by atoms with van der Waals surface area (Å²) in [5.74, 6) is 0. The van der Waals surface area contributed by atoms with Gasteiger partial charge in [-0.2, -0.15) is 0 Å². The Morgan fingerprint density at radius 3 is 1.09 bits per heavy atom. The van der Waals surface area contributed by atoms with Gasteiger partial charge in [0.05, 0.1) is 41.3 Å². The number of quaternary nitrogens is 2. The van der Waals surface area contributed by atoms with Crippen LogP contribution in [0.1, 0.15) is 44.9 Å². The highest BCUT2D eigenvalue weighted by atomic mass is 35.5. The van der Waals surface area contributed by atoms with Crippen molar-refractivity contribution in [1.29, 1.82) is 0 Å². The van der Waals surface area contributed by atoms with Crippen LogP contribution in [0.5, 0.6) is 0 Å². The molecule has 140 valence electrons. The number of likely N-dealkylation sites (N-methyl/N-ethyl adjacent to an activating group) is 2. The summed E-state index contributed by atoms with van der Waals surface area (Å²) in [6, 6.07) is 0. The summed E-state index contributed by atoms with van der Waals surface area (Å²) in [6.07, 6.45) is 10.9. The summed E-state index contributed by atoms with van der Waals surface area (Å²) in [5, 5.41) is 0. The number of carbonyl (C=O) groups is 2. The standard InChI is InChI=1S/C17H36N2O2.2ClH/c1-18(2,14-16-20)12-10-8-6-5-7-9-11-13-19(3,4)15-17-21;;/h16-17H,5-15H2,1-4H3;2*1H/q+2;;/p-2. The van der Waals surface area contributed by atoms with Gasteiger partial charge in [-0.3, -0.25) is 9.59 Å². The minimum atomic E-state index is 0. The molecule has 23 heavy (non-hydrogen) atoms. The molecule has 0 rings (SSSR count). The van der Waals surface area contributed by atoms with Crippen LogP contribution in [0.3, 0.4) is 0 Å². The molecule has 4 nitrogen and oxygen atoms in total. The van der Waals surface area contributed by atoms with Gasteiger partial charge in [-0.15, -0.1) is 0 Å². The van der Waals surface area contributed by atoms with Gasteiger partial charge in [-0.05, 0) is 25.7 Å². The highest BCUT2D eigenvalue weighted by Crippen LogP contribution is 2.10. The number of hydrogen-bond acceptors (Lipinski definition) is 2. The van der Waals surface area contributed by atoms with Crippen molar-refractivity contribution in [3.05, 3.63) is 0 Å². The Hall–Kier alpha value is -0.160. The van der Waals surface area contributed by atoms with Gasteiger partial charge in [0.15, 0.2) is 12.6 Å². The molecule has 0 aromatic carbocycles. The molecular weight excluding hydrogens is 335 g/mol. The van der Waals surface area contributed by atoms with Crippen LogP contribution in [0.25, 0.3) is 0 Å². The molecule has 0 aliphatic carbocycles. The fraction of sp³-hybridized carbons (Fsp3) is 0.882. The number of unbranched alkanes of at least 4 members (excludes halogenated alkanes) is 6. The third-order valence-electron chi connectivity index (χ3n) is 4.16. The fourth-order valence-corrected chi connectivity index (χ4v) is 2.55. The molecule has 0 aliphatic heterocycles. The van der Waals surface area contributed by atoms with E-state index >= 15 is 0 Å². The van der Waals surface area contributed by atoms with Gasteiger partial charge >= 0.3 is 0 Å². The van der Waals surface area contributed by atoms with Gasteiger partial charge in [0, 0.05) is 0 Å². The average molecular weight is 371 g/mol. The predicted octanol–water partition coefficient (Wildman–Crippen LogP) is -3.72.